The maximum Gasteiger partial charge on any atom is 0.137 e. The highest BCUT2D eigenvalue weighted by Gasteiger charge is 2.22. The first kappa shape index (κ1) is 22.9. The Balaban J connectivity index is 1.54. The number of nitriles is 1. The van der Waals surface area contributed by atoms with Crippen LogP contribution >= 0.6 is 0 Å². The maximum absolute atomic E-state index is 9.29. The zero-order valence-corrected chi connectivity index (χ0v) is 20.6. The number of morpholine rings is 1. The van der Waals surface area contributed by atoms with Gasteiger partial charge in [-0.3, -0.25) is 4.98 Å². The summed E-state index contributed by atoms with van der Waals surface area (Å²) in [6.45, 7) is 7.98. The molecule has 0 bridgehead atoms. The Kier molecular flexibility index (Phi) is 6.15. The van der Waals surface area contributed by atoms with E-state index < -0.39 is 0 Å². The molecule has 1 aromatic heterocycles. The van der Waals surface area contributed by atoms with Crippen LogP contribution in [-0.4, -0.2) is 37.4 Å². The minimum Gasteiger partial charge on any atom is -0.495 e. The highest BCUT2D eigenvalue weighted by Crippen LogP contribution is 2.39. The van der Waals surface area contributed by atoms with Crippen molar-refractivity contribution in [2.24, 2.45) is 0 Å². The molecule has 3 aromatic carbocycles. The number of fused-ring (bicyclic) bond motifs is 1. The Morgan fingerprint density at radius 2 is 1.69 bits per heavy atom. The third-order valence-electron chi connectivity index (χ3n) is 6.67. The molecule has 0 aliphatic carbocycles. The molecule has 5 heteroatoms. The molecular formula is C30H29N3O2. The Labute approximate surface area is 206 Å². The second kappa shape index (κ2) is 9.40. The maximum atomic E-state index is 9.29. The summed E-state index contributed by atoms with van der Waals surface area (Å²) in [7, 11) is 1.71. The van der Waals surface area contributed by atoms with E-state index >= 15 is 0 Å². The normalized spacial score (nSPS) is 17.9. The topological polar surface area (TPSA) is 58.4 Å². The zero-order chi connectivity index (χ0) is 24.5. The molecule has 5 rings (SSSR count). The van der Waals surface area contributed by atoms with E-state index in [1.54, 1.807) is 7.11 Å². The van der Waals surface area contributed by atoms with E-state index in [0.29, 0.717) is 5.56 Å². The summed E-state index contributed by atoms with van der Waals surface area (Å²) >= 11 is 0. The van der Waals surface area contributed by atoms with Crippen LogP contribution in [0.5, 0.6) is 5.75 Å². The minimum absolute atomic E-state index is 0.220. The van der Waals surface area contributed by atoms with Gasteiger partial charge < -0.3 is 14.4 Å². The first-order chi connectivity index (χ1) is 17.0. The summed E-state index contributed by atoms with van der Waals surface area (Å²) in [6, 6.07) is 22.9. The Morgan fingerprint density at radius 3 is 2.34 bits per heavy atom. The second-order valence-electron chi connectivity index (χ2n) is 9.26. The molecule has 0 spiro atoms. The molecule has 0 amide bonds. The van der Waals surface area contributed by atoms with Gasteiger partial charge in [-0.1, -0.05) is 36.4 Å². The smallest absolute Gasteiger partial charge is 0.137 e. The van der Waals surface area contributed by atoms with Crippen LogP contribution < -0.4 is 9.64 Å². The lowest BCUT2D eigenvalue weighted by molar-refractivity contribution is -0.00521. The number of ether oxygens (including phenoxy) is 2. The molecule has 1 saturated heterocycles. The lowest BCUT2D eigenvalue weighted by Gasteiger charge is -2.36. The highest BCUT2D eigenvalue weighted by atomic mass is 16.5. The molecular weight excluding hydrogens is 434 g/mol. The largest absolute Gasteiger partial charge is 0.495 e. The third kappa shape index (κ3) is 4.34. The molecule has 1 unspecified atom stereocenters. The number of rotatable bonds is 4. The van der Waals surface area contributed by atoms with Gasteiger partial charge in [-0.2, -0.15) is 5.26 Å². The van der Waals surface area contributed by atoms with E-state index in [-0.39, 0.29) is 12.2 Å². The SMILES string of the molecule is COc1c(-c2ccc(N3CC(C)O[C@H](C)C3)cc2)cnc2c(-c3ccc(C#N)c(C)c3)cccc12. The zero-order valence-electron chi connectivity index (χ0n) is 20.6. The lowest BCUT2D eigenvalue weighted by Crippen LogP contribution is -2.45. The quantitative estimate of drug-likeness (QED) is 0.352. The number of benzene rings is 3. The van der Waals surface area contributed by atoms with Crippen LogP contribution in [0.25, 0.3) is 33.2 Å². The van der Waals surface area contributed by atoms with Gasteiger partial charge >= 0.3 is 0 Å². The van der Waals surface area contributed by atoms with Gasteiger partial charge in [-0.05, 0) is 61.7 Å². The average molecular weight is 464 g/mol. The molecule has 2 atom stereocenters. The molecule has 1 fully saturated rings. The van der Waals surface area contributed by atoms with E-state index in [1.165, 1.54) is 5.69 Å². The van der Waals surface area contributed by atoms with Gasteiger partial charge in [0, 0.05) is 41.5 Å². The van der Waals surface area contributed by atoms with Crippen molar-refractivity contribution in [2.45, 2.75) is 33.0 Å². The number of para-hydroxylation sites is 1. The molecule has 1 aliphatic heterocycles. The number of aryl methyl sites for hydroxylation is 1. The summed E-state index contributed by atoms with van der Waals surface area (Å²) in [6.07, 6.45) is 2.34. The number of hydrogen-bond acceptors (Lipinski definition) is 5. The second-order valence-corrected chi connectivity index (χ2v) is 9.26. The van der Waals surface area contributed by atoms with Gasteiger partial charge in [0.2, 0.25) is 0 Å². The molecule has 0 N–H and O–H groups in total. The van der Waals surface area contributed by atoms with Crippen molar-refractivity contribution in [1.82, 2.24) is 4.98 Å². The summed E-state index contributed by atoms with van der Waals surface area (Å²) < 4.78 is 11.8. The van der Waals surface area contributed by atoms with Crippen molar-refractivity contribution >= 4 is 16.6 Å². The van der Waals surface area contributed by atoms with Crippen LogP contribution in [-0.2, 0) is 4.74 Å². The molecule has 35 heavy (non-hydrogen) atoms. The van der Waals surface area contributed by atoms with Gasteiger partial charge in [-0.25, -0.2) is 0 Å². The summed E-state index contributed by atoms with van der Waals surface area (Å²) in [5, 5.41) is 10.2. The van der Waals surface area contributed by atoms with Crippen molar-refractivity contribution in [3.8, 4) is 34.1 Å². The van der Waals surface area contributed by atoms with Crippen molar-refractivity contribution in [3.05, 3.63) is 78.0 Å². The van der Waals surface area contributed by atoms with Gasteiger partial charge in [0.25, 0.3) is 0 Å². The van der Waals surface area contributed by atoms with E-state index in [1.807, 2.05) is 37.4 Å². The predicted molar refractivity (Wildman–Crippen MR) is 141 cm³/mol. The molecule has 2 heterocycles. The fourth-order valence-corrected chi connectivity index (χ4v) is 5.05. The average Bonchev–Trinajstić information content (AvgIpc) is 2.87. The fourth-order valence-electron chi connectivity index (χ4n) is 5.05. The van der Waals surface area contributed by atoms with Gasteiger partial charge in [0.1, 0.15) is 5.75 Å². The molecule has 0 saturated carbocycles. The fraction of sp³-hybridized carbons (Fsp3) is 0.267. The molecule has 4 aromatic rings. The summed E-state index contributed by atoms with van der Waals surface area (Å²) in [5.41, 5.74) is 7.80. The van der Waals surface area contributed by atoms with Crippen molar-refractivity contribution < 1.29 is 9.47 Å². The van der Waals surface area contributed by atoms with Crippen LogP contribution in [0.3, 0.4) is 0 Å². The highest BCUT2D eigenvalue weighted by molar-refractivity contribution is 6.00. The Bertz CT molecular complexity index is 1410. The van der Waals surface area contributed by atoms with Crippen LogP contribution in [0.1, 0.15) is 25.0 Å². The number of methoxy groups -OCH3 is 1. The van der Waals surface area contributed by atoms with Gasteiger partial charge in [-0.15, -0.1) is 0 Å². The van der Waals surface area contributed by atoms with Gasteiger partial charge in [0.05, 0.1) is 36.5 Å². The number of anilines is 1. The van der Waals surface area contributed by atoms with E-state index in [2.05, 4.69) is 61.2 Å². The Hall–Kier alpha value is -3.88. The van der Waals surface area contributed by atoms with Crippen LogP contribution in [0, 0.1) is 18.3 Å². The van der Waals surface area contributed by atoms with Crippen molar-refractivity contribution in [1.29, 1.82) is 5.26 Å². The predicted octanol–water partition coefficient (Wildman–Crippen LogP) is 6.37. The number of nitrogens with zero attached hydrogens (tertiary/aromatic N) is 3. The van der Waals surface area contributed by atoms with E-state index in [9.17, 15) is 5.26 Å². The van der Waals surface area contributed by atoms with Crippen LogP contribution in [0.2, 0.25) is 0 Å². The van der Waals surface area contributed by atoms with Gasteiger partial charge in [0.15, 0.2) is 0 Å². The van der Waals surface area contributed by atoms with Crippen molar-refractivity contribution in [2.75, 3.05) is 25.1 Å². The summed E-state index contributed by atoms with van der Waals surface area (Å²) in [5.74, 6) is 0.809. The standard InChI is InChI=1S/C30H29N3O2/c1-19-14-23(8-9-24(19)15-31)26-6-5-7-27-29(26)32-16-28(30(27)34-4)22-10-12-25(13-11-22)33-17-20(2)35-21(3)18-33/h5-14,16,20-21H,17-18H2,1-4H3/t20-,21?/m1/s1. The first-order valence-corrected chi connectivity index (χ1v) is 12.0. The lowest BCUT2D eigenvalue weighted by atomic mass is 9.96. The number of hydrogen-bond donors (Lipinski definition) is 0. The molecule has 0 radical (unpaired) electrons. The number of pyridine rings is 1. The van der Waals surface area contributed by atoms with Crippen LogP contribution in [0.4, 0.5) is 5.69 Å². The third-order valence-corrected chi connectivity index (χ3v) is 6.67. The van der Waals surface area contributed by atoms with Crippen molar-refractivity contribution in [3.63, 3.8) is 0 Å². The minimum atomic E-state index is 0.220. The Morgan fingerprint density at radius 1 is 0.971 bits per heavy atom. The molecule has 1 aliphatic rings. The first-order valence-electron chi connectivity index (χ1n) is 12.0. The van der Waals surface area contributed by atoms with E-state index in [4.69, 9.17) is 14.5 Å². The number of aromatic nitrogens is 1. The summed E-state index contributed by atoms with van der Waals surface area (Å²) in [4.78, 5) is 7.25. The monoisotopic (exact) mass is 463 g/mol. The van der Waals surface area contributed by atoms with Crippen LogP contribution in [0.15, 0.2) is 66.9 Å². The van der Waals surface area contributed by atoms with E-state index in [0.717, 1.165) is 57.6 Å². The molecule has 5 nitrogen and oxygen atoms in total. The molecule has 176 valence electrons.